The van der Waals surface area contributed by atoms with Gasteiger partial charge in [0.2, 0.25) is 5.91 Å². The minimum atomic E-state index is -0.0796. The number of methoxy groups -OCH3 is 1. The fourth-order valence-electron chi connectivity index (χ4n) is 1.58. The van der Waals surface area contributed by atoms with Crippen molar-refractivity contribution in [3.8, 4) is 5.75 Å². The molecule has 0 saturated heterocycles. The number of hydrogen-bond donors (Lipinski definition) is 2. The fourth-order valence-corrected chi connectivity index (χ4v) is 1.58. The Kier molecular flexibility index (Phi) is 5.98. The Labute approximate surface area is 121 Å². The number of likely N-dealkylation sites (N-methyl/N-ethyl adjacent to an activating group) is 1. The first-order valence-corrected chi connectivity index (χ1v) is 6.68. The normalized spacial score (nSPS) is 11.5. The average Bonchev–Trinajstić information content (AvgIpc) is 2.39. The lowest BCUT2D eigenvalue weighted by molar-refractivity contribution is -0.115. The second-order valence-corrected chi connectivity index (χ2v) is 5.56. The molecule has 0 aliphatic heterocycles. The lowest BCUT2D eigenvalue weighted by Crippen LogP contribution is -2.48. The van der Waals surface area contributed by atoms with E-state index in [0.29, 0.717) is 11.4 Å². The summed E-state index contributed by atoms with van der Waals surface area (Å²) in [4.78, 5) is 14.0. The molecule has 1 aromatic carbocycles. The zero-order valence-corrected chi connectivity index (χ0v) is 13.0. The molecule has 0 spiro atoms. The highest BCUT2D eigenvalue weighted by atomic mass is 16.5. The van der Waals surface area contributed by atoms with Crippen LogP contribution in [0, 0.1) is 0 Å². The molecule has 1 rings (SSSR count). The number of carbonyl (C=O) groups excluding carboxylic acids is 1. The summed E-state index contributed by atoms with van der Waals surface area (Å²) in [7, 11) is 5.63. The van der Waals surface area contributed by atoms with E-state index < -0.39 is 0 Å². The van der Waals surface area contributed by atoms with Crippen molar-refractivity contribution in [3.05, 3.63) is 24.3 Å². The zero-order chi connectivity index (χ0) is 15.2. The van der Waals surface area contributed by atoms with Crippen molar-refractivity contribution in [1.82, 2.24) is 10.2 Å². The fraction of sp³-hybridized carbons (Fsp3) is 0.533. The van der Waals surface area contributed by atoms with E-state index in [1.54, 1.807) is 7.11 Å². The van der Waals surface area contributed by atoms with Gasteiger partial charge in [-0.05, 0) is 40.1 Å². The molecule has 0 unspecified atom stereocenters. The summed E-state index contributed by atoms with van der Waals surface area (Å²) in [6, 6.07) is 7.37. The molecule has 112 valence electrons. The highest BCUT2D eigenvalue weighted by Crippen LogP contribution is 2.22. The molecule has 1 aromatic rings. The van der Waals surface area contributed by atoms with Crippen molar-refractivity contribution < 1.29 is 9.53 Å². The number of hydrogen-bond acceptors (Lipinski definition) is 4. The Hall–Kier alpha value is -1.59. The minimum absolute atomic E-state index is 0.00468. The quantitative estimate of drug-likeness (QED) is 0.795. The van der Waals surface area contributed by atoms with Crippen molar-refractivity contribution in [2.24, 2.45) is 0 Å². The first-order valence-electron chi connectivity index (χ1n) is 6.68. The van der Waals surface area contributed by atoms with Gasteiger partial charge in [0.05, 0.1) is 19.3 Å². The summed E-state index contributed by atoms with van der Waals surface area (Å²) in [6.07, 6.45) is 0. The van der Waals surface area contributed by atoms with E-state index in [1.807, 2.05) is 38.4 Å². The Morgan fingerprint density at radius 1 is 1.30 bits per heavy atom. The van der Waals surface area contributed by atoms with Crippen molar-refractivity contribution in [2.75, 3.05) is 39.6 Å². The van der Waals surface area contributed by atoms with E-state index in [2.05, 4.69) is 29.4 Å². The van der Waals surface area contributed by atoms with Gasteiger partial charge in [-0.1, -0.05) is 12.1 Å². The van der Waals surface area contributed by atoms with Crippen LogP contribution in [0.1, 0.15) is 13.8 Å². The van der Waals surface area contributed by atoms with Crippen LogP contribution in [0.5, 0.6) is 5.75 Å². The first kappa shape index (κ1) is 16.5. The van der Waals surface area contributed by atoms with Crippen LogP contribution in [-0.2, 0) is 4.79 Å². The van der Waals surface area contributed by atoms with Crippen LogP contribution in [0.25, 0.3) is 0 Å². The lowest BCUT2D eigenvalue weighted by atomic mass is 10.0. The highest BCUT2D eigenvalue weighted by Gasteiger charge is 2.20. The molecule has 0 heterocycles. The summed E-state index contributed by atoms with van der Waals surface area (Å²) in [6.45, 7) is 5.25. The van der Waals surface area contributed by atoms with Crippen LogP contribution < -0.4 is 15.4 Å². The number of nitrogens with zero attached hydrogens (tertiary/aromatic N) is 1. The predicted molar refractivity (Wildman–Crippen MR) is 82.3 cm³/mol. The topological polar surface area (TPSA) is 53.6 Å². The predicted octanol–water partition coefficient (Wildman–Crippen LogP) is 1.56. The van der Waals surface area contributed by atoms with Crippen LogP contribution in [0.15, 0.2) is 24.3 Å². The van der Waals surface area contributed by atoms with Gasteiger partial charge in [-0.2, -0.15) is 0 Å². The van der Waals surface area contributed by atoms with Crippen molar-refractivity contribution in [3.63, 3.8) is 0 Å². The standard InChI is InChI=1S/C15H25N3O2/c1-15(2,18(3)4)11-16-10-14(19)17-12-8-6-7-9-13(12)20-5/h6-9,16H,10-11H2,1-5H3,(H,17,19). The monoisotopic (exact) mass is 279 g/mol. The summed E-state index contributed by atoms with van der Waals surface area (Å²) >= 11 is 0. The third kappa shape index (κ3) is 4.83. The SMILES string of the molecule is COc1ccccc1NC(=O)CNCC(C)(C)N(C)C. The number of para-hydroxylation sites is 2. The van der Waals surface area contributed by atoms with Crippen LogP contribution in [0.2, 0.25) is 0 Å². The van der Waals surface area contributed by atoms with Crippen molar-refractivity contribution >= 4 is 11.6 Å². The Balaban J connectivity index is 2.45. The van der Waals surface area contributed by atoms with Crippen LogP contribution >= 0.6 is 0 Å². The summed E-state index contributed by atoms with van der Waals surface area (Å²) in [5, 5.41) is 6.01. The van der Waals surface area contributed by atoms with Crippen LogP contribution in [-0.4, -0.2) is 50.6 Å². The van der Waals surface area contributed by atoms with Crippen LogP contribution in [0.4, 0.5) is 5.69 Å². The average molecular weight is 279 g/mol. The van der Waals surface area contributed by atoms with E-state index in [1.165, 1.54) is 0 Å². The molecule has 2 N–H and O–H groups in total. The molecule has 0 fully saturated rings. The molecule has 0 aromatic heterocycles. The van der Waals surface area contributed by atoms with Gasteiger partial charge in [-0.15, -0.1) is 0 Å². The molecular formula is C15H25N3O2. The van der Waals surface area contributed by atoms with Crippen LogP contribution in [0.3, 0.4) is 0 Å². The van der Waals surface area contributed by atoms with Gasteiger partial charge in [0, 0.05) is 12.1 Å². The number of nitrogens with one attached hydrogen (secondary N) is 2. The number of rotatable bonds is 7. The Bertz CT molecular complexity index is 444. The summed E-state index contributed by atoms with van der Waals surface area (Å²) < 4.78 is 5.19. The van der Waals surface area contributed by atoms with Gasteiger partial charge in [0.25, 0.3) is 0 Å². The number of benzene rings is 1. The second-order valence-electron chi connectivity index (χ2n) is 5.56. The number of carbonyl (C=O) groups is 1. The third-order valence-corrected chi connectivity index (χ3v) is 3.43. The van der Waals surface area contributed by atoms with Gasteiger partial charge in [0.1, 0.15) is 5.75 Å². The molecule has 0 aliphatic rings. The summed E-state index contributed by atoms with van der Waals surface area (Å²) in [5.41, 5.74) is 0.693. The molecule has 0 bridgehead atoms. The second kappa shape index (κ2) is 7.26. The van der Waals surface area contributed by atoms with Crippen molar-refractivity contribution in [2.45, 2.75) is 19.4 Å². The van der Waals surface area contributed by atoms with E-state index in [4.69, 9.17) is 4.74 Å². The molecule has 5 heteroatoms. The van der Waals surface area contributed by atoms with E-state index >= 15 is 0 Å². The van der Waals surface area contributed by atoms with Crippen molar-refractivity contribution in [1.29, 1.82) is 0 Å². The zero-order valence-electron chi connectivity index (χ0n) is 13.0. The molecule has 1 amide bonds. The van der Waals surface area contributed by atoms with Gasteiger partial charge < -0.3 is 20.3 Å². The molecule has 0 atom stereocenters. The Morgan fingerprint density at radius 3 is 2.55 bits per heavy atom. The minimum Gasteiger partial charge on any atom is -0.495 e. The molecular weight excluding hydrogens is 254 g/mol. The first-order chi connectivity index (χ1) is 9.36. The van der Waals surface area contributed by atoms with Gasteiger partial charge >= 0.3 is 0 Å². The van der Waals surface area contributed by atoms with E-state index in [9.17, 15) is 4.79 Å². The molecule has 0 aliphatic carbocycles. The molecule has 0 radical (unpaired) electrons. The maximum absolute atomic E-state index is 11.9. The summed E-state index contributed by atoms with van der Waals surface area (Å²) in [5.74, 6) is 0.582. The number of amides is 1. The third-order valence-electron chi connectivity index (χ3n) is 3.43. The molecule has 20 heavy (non-hydrogen) atoms. The maximum Gasteiger partial charge on any atom is 0.238 e. The Morgan fingerprint density at radius 2 is 1.95 bits per heavy atom. The number of anilines is 1. The number of ether oxygens (including phenoxy) is 1. The highest BCUT2D eigenvalue weighted by molar-refractivity contribution is 5.93. The smallest absolute Gasteiger partial charge is 0.238 e. The van der Waals surface area contributed by atoms with E-state index in [0.717, 1.165) is 6.54 Å². The molecule has 0 saturated carbocycles. The maximum atomic E-state index is 11.9. The van der Waals surface area contributed by atoms with Gasteiger partial charge in [-0.25, -0.2) is 0 Å². The largest absolute Gasteiger partial charge is 0.495 e. The molecule has 5 nitrogen and oxygen atoms in total. The van der Waals surface area contributed by atoms with E-state index in [-0.39, 0.29) is 18.0 Å². The lowest BCUT2D eigenvalue weighted by Gasteiger charge is -2.32. The van der Waals surface area contributed by atoms with Gasteiger partial charge in [-0.3, -0.25) is 4.79 Å². The van der Waals surface area contributed by atoms with Gasteiger partial charge in [0.15, 0.2) is 0 Å².